The molecule has 2 rings (SSSR count). The molecule has 1 aromatic carbocycles. The first-order chi connectivity index (χ1) is 11.7. The lowest BCUT2D eigenvalue weighted by Crippen LogP contribution is -2.44. The minimum atomic E-state index is -1.00. The highest BCUT2D eigenvalue weighted by Crippen LogP contribution is 2.37. The quantitative estimate of drug-likeness (QED) is 0.645. The summed E-state index contributed by atoms with van der Waals surface area (Å²) in [6.45, 7) is 3.85. The first-order valence-corrected chi connectivity index (χ1v) is 8.32. The number of alkyl halides is 1. The van der Waals surface area contributed by atoms with Crippen LogP contribution in [0.5, 0.6) is 5.75 Å². The zero-order valence-electron chi connectivity index (χ0n) is 14.1. The molecular formula is C17H19Cl2FN2O3. The number of halogens is 3. The van der Waals surface area contributed by atoms with E-state index in [0.717, 1.165) is 0 Å². The first kappa shape index (κ1) is 19.5. The summed E-state index contributed by atoms with van der Waals surface area (Å²) in [5.74, 6) is -0.209. The third-order valence-corrected chi connectivity index (χ3v) is 4.16. The highest BCUT2D eigenvalue weighted by Gasteiger charge is 2.41. The third-order valence-electron chi connectivity index (χ3n) is 3.63. The van der Waals surface area contributed by atoms with Crippen LogP contribution < -0.4 is 4.74 Å². The molecule has 0 bridgehead atoms. The summed E-state index contributed by atoms with van der Waals surface area (Å²) in [5.41, 5.74) is -1.00. The molecule has 8 heteroatoms. The summed E-state index contributed by atoms with van der Waals surface area (Å²) < 4.78 is 26.6. The number of carbonyl (C=O) groups is 1. The van der Waals surface area contributed by atoms with Gasteiger partial charge in [0.2, 0.25) is 6.23 Å². The molecule has 0 fully saturated rings. The van der Waals surface area contributed by atoms with Crippen LogP contribution in [0.4, 0.5) is 4.39 Å². The lowest BCUT2D eigenvalue weighted by molar-refractivity contribution is -0.168. The van der Waals surface area contributed by atoms with Gasteiger partial charge in [-0.3, -0.25) is 13.8 Å². The van der Waals surface area contributed by atoms with Gasteiger partial charge in [0.05, 0.1) is 18.0 Å². The second-order valence-electron chi connectivity index (χ2n) is 6.25. The molecule has 2 unspecified atom stereocenters. The lowest BCUT2D eigenvalue weighted by Gasteiger charge is -2.37. The molecule has 0 spiro atoms. The number of benzene rings is 1. The molecule has 2 aromatic rings. The summed E-state index contributed by atoms with van der Waals surface area (Å²) in [7, 11) is 0. The van der Waals surface area contributed by atoms with Crippen molar-refractivity contribution in [3.63, 3.8) is 0 Å². The van der Waals surface area contributed by atoms with Crippen molar-refractivity contribution in [1.29, 1.82) is 0 Å². The number of imidazole rings is 1. The van der Waals surface area contributed by atoms with Crippen LogP contribution in [-0.4, -0.2) is 28.3 Å². The van der Waals surface area contributed by atoms with Crippen LogP contribution in [-0.2, 0) is 9.53 Å². The Bertz CT molecular complexity index is 723. The number of carbonyl (C=O) groups excluding carboxylic acids is 1. The van der Waals surface area contributed by atoms with E-state index in [9.17, 15) is 9.18 Å². The summed E-state index contributed by atoms with van der Waals surface area (Å²) in [5, 5.41) is 0.745. The van der Waals surface area contributed by atoms with E-state index in [1.54, 1.807) is 42.9 Å². The second-order valence-corrected chi connectivity index (χ2v) is 7.09. The van der Waals surface area contributed by atoms with Crippen molar-refractivity contribution in [2.45, 2.75) is 33.1 Å². The van der Waals surface area contributed by atoms with Gasteiger partial charge in [-0.05, 0) is 18.2 Å². The molecule has 0 aliphatic carbocycles. The Morgan fingerprint density at radius 2 is 2.12 bits per heavy atom. The molecule has 0 N–H and O–H groups in total. The van der Waals surface area contributed by atoms with E-state index in [0.29, 0.717) is 10.8 Å². The van der Waals surface area contributed by atoms with Gasteiger partial charge in [-0.25, -0.2) is 4.98 Å². The van der Waals surface area contributed by atoms with Gasteiger partial charge < -0.3 is 9.47 Å². The monoisotopic (exact) mass is 388 g/mol. The standard InChI is InChI=1S/C17H19Cl2FN2O3/c1-11(23)24-15(17(2,3)9-20)16(22-7-6-21-10-22)25-14-5-4-12(18)8-13(14)19/h4-8,10,15-16H,9H2,1-3H3. The molecule has 1 heterocycles. The van der Waals surface area contributed by atoms with Crippen molar-refractivity contribution in [2.24, 2.45) is 5.41 Å². The molecule has 0 saturated heterocycles. The van der Waals surface area contributed by atoms with E-state index in [4.69, 9.17) is 32.7 Å². The Morgan fingerprint density at radius 1 is 1.40 bits per heavy atom. The maximum atomic E-state index is 13.6. The minimum Gasteiger partial charge on any atom is -0.465 e. The molecule has 0 aliphatic heterocycles. The van der Waals surface area contributed by atoms with E-state index in [1.807, 2.05) is 0 Å². The van der Waals surface area contributed by atoms with Crippen LogP contribution in [0.15, 0.2) is 36.9 Å². The van der Waals surface area contributed by atoms with Gasteiger partial charge >= 0.3 is 5.97 Å². The van der Waals surface area contributed by atoms with Gasteiger partial charge in [-0.15, -0.1) is 0 Å². The van der Waals surface area contributed by atoms with Gasteiger partial charge in [-0.2, -0.15) is 0 Å². The summed E-state index contributed by atoms with van der Waals surface area (Å²) in [4.78, 5) is 15.6. The van der Waals surface area contributed by atoms with Crippen molar-refractivity contribution in [3.8, 4) is 5.75 Å². The number of aromatic nitrogens is 2. The maximum Gasteiger partial charge on any atom is 0.303 e. The van der Waals surface area contributed by atoms with Crippen LogP contribution in [0.1, 0.15) is 27.0 Å². The number of nitrogens with zero attached hydrogens (tertiary/aromatic N) is 2. The van der Waals surface area contributed by atoms with E-state index in [2.05, 4.69) is 4.98 Å². The molecule has 0 amide bonds. The van der Waals surface area contributed by atoms with E-state index in [-0.39, 0.29) is 5.02 Å². The van der Waals surface area contributed by atoms with Crippen molar-refractivity contribution in [1.82, 2.24) is 9.55 Å². The Hall–Kier alpha value is -1.79. The van der Waals surface area contributed by atoms with Crippen molar-refractivity contribution in [3.05, 3.63) is 47.0 Å². The lowest BCUT2D eigenvalue weighted by atomic mass is 9.86. The van der Waals surface area contributed by atoms with Gasteiger partial charge in [0.25, 0.3) is 0 Å². The fourth-order valence-electron chi connectivity index (χ4n) is 2.26. The topological polar surface area (TPSA) is 53.4 Å². The molecule has 5 nitrogen and oxygen atoms in total. The molecule has 2 atom stereocenters. The van der Waals surface area contributed by atoms with Gasteiger partial charge in [-0.1, -0.05) is 37.0 Å². The first-order valence-electron chi connectivity index (χ1n) is 7.57. The Kier molecular flexibility index (Phi) is 6.30. The average molecular weight is 389 g/mol. The summed E-state index contributed by atoms with van der Waals surface area (Å²) in [6.07, 6.45) is 2.90. The molecule has 0 saturated carbocycles. The van der Waals surface area contributed by atoms with Gasteiger partial charge in [0.15, 0.2) is 6.10 Å². The SMILES string of the molecule is CC(=O)OC(C(Oc1ccc(Cl)cc1Cl)n1ccnc1)C(C)(C)CF. The van der Waals surface area contributed by atoms with E-state index in [1.165, 1.54) is 19.3 Å². The van der Waals surface area contributed by atoms with Crippen molar-refractivity contribution in [2.75, 3.05) is 6.67 Å². The fourth-order valence-corrected chi connectivity index (χ4v) is 2.71. The Morgan fingerprint density at radius 3 is 2.64 bits per heavy atom. The molecule has 1 aromatic heterocycles. The Labute approximate surface area is 155 Å². The fraction of sp³-hybridized carbons (Fsp3) is 0.412. The van der Waals surface area contributed by atoms with E-state index < -0.39 is 30.4 Å². The third kappa shape index (κ3) is 4.86. The average Bonchev–Trinajstić information content (AvgIpc) is 3.06. The number of hydrogen-bond acceptors (Lipinski definition) is 4. The second kappa shape index (κ2) is 8.06. The molecular weight excluding hydrogens is 370 g/mol. The highest BCUT2D eigenvalue weighted by molar-refractivity contribution is 6.35. The summed E-state index contributed by atoms with van der Waals surface area (Å²) in [6, 6.07) is 4.75. The minimum absolute atomic E-state index is 0.289. The van der Waals surface area contributed by atoms with Crippen molar-refractivity contribution < 1.29 is 18.7 Å². The van der Waals surface area contributed by atoms with Gasteiger partial charge in [0, 0.05) is 29.8 Å². The van der Waals surface area contributed by atoms with Crippen LogP contribution in [0, 0.1) is 5.41 Å². The molecule has 0 radical (unpaired) electrons. The molecule has 0 aliphatic rings. The number of rotatable bonds is 7. The largest absolute Gasteiger partial charge is 0.465 e. The smallest absolute Gasteiger partial charge is 0.303 e. The number of esters is 1. The van der Waals surface area contributed by atoms with Crippen molar-refractivity contribution >= 4 is 29.2 Å². The Balaban J connectivity index is 2.45. The van der Waals surface area contributed by atoms with Crippen LogP contribution in [0.2, 0.25) is 10.0 Å². The maximum absolute atomic E-state index is 13.6. The molecule has 25 heavy (non-hydrogen) atoms. The zero-order valence-corrected chi connectivity index (χ0v) is 15.6. The number of ether oxygens (including phenoxy) is 2. The van der Waals surface area contributed by atoms with Crippen LogP contribution in [0.25, 0.3) is 0 Å². The summed E-state index contributed by atoms with van der Waals surface area (Å²) >= 11 is 12.1. The van der Waals surface area contributed by atoms with Crippen LogP contribution in [0.3, 0.4) is 0 Å². The molecule has 136 valence electrons. The predicted octanol–water partition coefficient (Wildman–Crippen LogP) is 4.69. The number of hydrogen-bond donors (Lipinski definition) is 0. The van der Waals surface area contributed by atoms with E-state index >= 15 is 0 Å². The highest BCUT2D eigenvalue weighted by atomic mass is 35.5. The normalized spacial score (nSPS) is 14.0. The van der Waals surface area contributed by atoms with Crippen LogP contribution >= 0.6 is 23.2 Å². The zero-order chi connectivity index (χ0) is 18.6. The predicted molar refractivity (Wildman–Crippen MR) is 93.7 cm³/mol. The van der Waals surface area contributed by atoms with Gasteiger partial charge in [0.1, 0.15) is 5.75 Å².